The van der Waals surface area contributed by atoms with Crippen LogP contribution >= 0.6 is 0 Å². The summed E-state index contributed by atoms with van der Waals surface area (Å²) in [7, 11) is 0. The van der Waals surface area contributed by atoms with Crippen molar-refractivity contribution in [2.75, 3.05) is 19.7 Å². The van der Waals surface area contributed by atoms with Gasteiger partial charge in [-0.1, -0.05) is 38.0 Å². The molecule has 1 aromatic rings. The van der Waals surface area contributed by atoms with Gasteiger partial charge in [-0.3, -0.25) is 14.5 Å². The molecule has 146 valence electrons. The van der Waals surface area contributed by atoms with Crippen molar-refractivity contribution in [2.45, 2.75) is 44.6 Å². The van der Waals surface area contributed by atoms with Crippen LogP contribution in [0.4, 0.5) is 4.79 Å². The number of carbonyl (C=O) groups excluding carboxylic acids is 3. The highest BCUT2D eigenvalue weighted by Gasteiger charge is 2.55. The number of nitrogens with zero attached hydrogens (tertiary/aromatic N) is 1. The molecule has 2 atom stereocenters. The van der Waals surface area contributed by atoms with Crippen molar-refractivity contribution in [3.8, 4) is 5.75 Å². The molecule has 7 nitrogen and oxygen atoms in total. The lowest BCUT2D eigenvalue weighted by atomic mass is 9.73. The molecule has 7 heteroatoms. The molecule has 2 N–H and O–H groups in total. The minimum Gasteiger partial charge on any atom is -0.494 e. The van der Waals surface area contributed by atoms with Crippen LogP contribution in [0, 0.1) is 5.92 Å². The van der Waals surface area contributed by atoms with Crippen molar-refractivity contribution in [2.24, 2.45) is 5.92 Å². The fraction of sp³-hybridized carbons (Fsp3) is 0.550. The Bertz CT molecular complexity index is 694. The van der Waals surface area contributed by atoms with Gasteiger partial charge in [0.2, 0.25) is 5.91 Å². The molecule has 4 amide bonds. The van der Waals surface area contributed by atoms with Crippen LogP contribution in [0.2, 0.25) is 0 Å². The zero-order valence-corrected chi connectivity index (χ0v) is 15.7. The third-order valence-electron chi connectivity index (χ3n) is 5.46. The SMILES string of the molecule is C[C@@H]1CCCC[C@@]12NC(=O)N(CC(=O)NCCCOc1ccccc1)C2=O. The summed E-state index contributed by atoms with van der Waals surface area (Å²) >= 11 is 0. The predicted molar refractivity (Wildman–Crippen MR) is 100 cm³/mol. The standard InChI is InChI=1S/C20H27N3O4/c1-15-8-5-6-11-20(15)18(25)23(19(26)22-20)14-17(24)21-12-7-13-27-16-9-3-2-4-10-16/h2-4,9-10,15H,5-8,11-14H2,1H3,(H,21,24)(H,22,26)/t15-,20-/m1/s1. The molecule has 1 heterocycles. The monoisotopic (exact) mass is 373 g/mol. The minimum atomic E-state index is -0.820. The molecule has 0 radical (unpaired) electrons. The Hall–Kier alpha value is -2.57. The normalized spacial score (nSPS) is 24.8. The summed E-state index contributed by atoms with van der Waals surface area (Å²) in [6, 6.07) is 9.00. The number of nitrogens with one attached hydrogen (secondary N) is 2. The summed E-state index contributed by atoms with van der Waals surface area (Å²) in [5, 5.41) is 5.60. The van der Waals surface area contributed by atoms with Gasteiger partial charge in [0.15, 0.2) is 0 Å². The molecule has 3 rings (SSSR count). The number of imide groups is 1. The highest BCUT2D eigenvalue weighted by atomic mass is 16.5. The quantitative estimate of drug-likeness (QED) is 0.566. The molecule has 1 saturated heterocycles. The van der Waals surface area contributed by atoms with Crippen molar-refractivity contribution >= 4 is 17.8 Å². The zero-order chi connectivity index (χ0) is 19.3. The van der Waals surface area contributed by atoms with E-state index < -0.39 is 11.6 Å². The summed E-state index contributed by atoms with van der Waals surface area (Å²) < 4.78 is 5.56. The smallest absolute Gasteiger partial charge is 0.325 e. The molecule has 0 aromatic heterocycles. The van der Waals surface area contributed by atoms with E-state index >= 15 is 0 Å². The van der Waals surface area contributed by atoms with Gasteiger partial charge in [-0.05, 0) is 37.3 Å². The number of amides is 4. The second-order valence-electron chi connectivity index (χ2n) is 7.30. The Kier molecular flexibility index (Phi) is 5.98. The van der Waals surface area contributed by atoms with Gasteiger partial charge in [-0.2, -0.15) is 0 Å². The maximum absolute atomic E-state index is 12.8. The lowest BCUT2D eigenvalue weighted by Gasteiger charge is -2.36. The zero-order valence-electron chi connectivity index (χ0n) is 15.7. The van der Waals surface area contributed by atoms with Crippen LogP contribution in [-0.4, -0.2) is 48.0 Å². The number of urea groups is 1. The molecule has 1 aromatic carbocycles. The highest BCUT2D eigenvalue weighted by Crippen LogP contribution is 2.38. The summed E-state index contributed by atoms with van der Waals surface area (Å²) in [6.07, 6.45) is 4.18. The molecule has 2 fully saturated rings. The second kappa shape index (κ2) is 8.41. The van der Waals surface area contributed by atoms with Gasteiger partial charge in [0.1, 0.15) is 17.8 Å². The van der Waals surface area contributed by atoms with Crippen LogP contribution < -0.4 is 15.4 Å². The fourth-order valence-electron chi connectivity index (χ4n) is 3.85. The van der Waals surface area contributed by atoms with E-state index in [0.717, 1.165) is 29.9 Å². The minimum absolute atomic E-state index is 0.0888. The molecule has 1 saturated carbocycles. The van der Waals surface area contributed by atoms with Crippen molar-refractivity contribution in [1.82, 2.24) is 15.5 Å². The van der Waals surface area contributed by atoms with Crippen LogP contribution in [0.3, 0.4) is 0 Å². The van der Waals surface area contributed by atoms with Gasteiger partial charge >= 0.3 is 6.03 Å². The third-order valence-corrected chi connectivity index (χ3v) is 5.46. The number of rotatable bonds is 7. The molecular formula is C20H27N3O4. The van der Waals surface area contributed by atoms with Crippen LogP contribution in [0.25, 0.3) is 0 Å². The summed E-state index contributed by atoms with van der Waals surface area (Å²) in [6.45, 7) is 2.66. The van der Waals surface area contributed by atoms with E-state index in [1.165, 1.54) is 0 Å². The van der Waals surface area contributed by atoms with Crippen LogP contribution in [0.1, 0.15) is 39.0 Å². The maximum Gasteiger partial charge on any atom is 0.325 e. The number of carbonyl (C=O) groups is 3. The first-order valence-corrected chi connectivity index (χ1v) is 9.61. The van der Waals surface area contributed by atoms with Gasteiger partial charge in [-0.15, -0.1) is 0 Å². The third kappa shape index (κ3) is 4.23. The molecule has 1 spiro atoms. The number of para-hydroxylation sites is 1. The molecule has 1 aliphatic heterocycles. The topological polar surface area (TPSA) is 87.7 Å². The average Bonchev–Trinajstić information content (AvgIpc) is 2.90. The van der Waals surface area contributed by atoms with E-state index in [1.807, 2.05) is 37.3 Å². The first-order chi connectivity index (χ1) is 13.0. The number of hydrogen-bond acceptors (Lipinski definition) is 4. The lowest BCUT2D eigenvalue weighted by molar-refractivity contribution is -0.137. The summed E-state index contributed by atoms with van der Waals surface area (Å²) in [5.41, 5.74) is -0.820. The largest absolute Gasteiger partial charge is 0.494 e. The molecule has 2 aliphatic rings. The lowest BCUT2D eigenvalue weighted by Crippen LogP contribution is -2.54. The molecule has 0 bridgehead atoms. The van der Waals surface area contributed by atoms with Gasteiger partial charge in [-0.25, -0.2) is 4.79 Å². The van der Waals surface area contributed by atoms with Crippen LogP contribution in [0.15, 0.2) is 30.3 Å². The average molecular weight is 373 g/mol. The second-order valence-corrected chi connectivity index (χ2v) is 7.30. The Morgan fingerprint density at radius 1 is 1.30 bits per heavy atom. The number of ether oxygens (including phenoxy) is 1. The van der Waals surface area contributed by atoms with E-state index in [0.29, 0.717) is 26.0 Å². The van der Waals surface area contributed by atoms with E-state index in [1.54, 1.807) is 0 Å². The van der Waals surface area contributed by atoms with E-state index in [2.05, 4.69) is 10.6 Å². The molecule has 1 aliphatic carbocycles. The Labute approximate surface area is 159 Å². The van der Waals surface area contributed by atoms with Crippen molar-refractivity contribution in [3.05, 3.63) is 30.3 Å². The van der Waals surface area contributed by atoms with E-state index in [4.69, 9.17) is 4.74 Å². The van der Waals surface area contributed by atoms with Crippen LogP contribution in [-0.2, 0) is 9.59 Å². The summed E-state index contributed by atoms with van der Waals surface area (Å²) in [5.74, 6) is 0.280. The Morgan fingerprint density at radius 2 is 2.07 bits per heavy atom. The van der Waals surface area contributed by atoms with Crippen molar-refractivity contribution in [3.63, 3.8) is 0 Å². The first-order valence-electron chi connectivity index (χ1n) is 9.61. The molecule has 0 unspecified atom stereocenters. The van der Waals surface area contributed by atoms with Gasteiger partial charge in [0.25, 0.3) is 5.91 Å². The van der Waals surface area contributed by atoms with Crippen molar-refractivity contribution < 1.29 is 19.1 Å². The van der Waals surface area contributed by atoms with E-state index in [-0.39, 0.29) is 24.3 Å². The Balaban J connectivity index is 1.42. The highest BCUT2D eigenvalue weighted by molar-refractivity contribution is 6.09. The van der Waals surface area contributed by atoms with Gasteiger partial charge in [0.05, 0.1) is 6.61 Å². The predicted octanol–water partition coefficient (Wildman–Crippen LogP) is 2.07. The van der Waals surface area contributed by atoms with Gasteiger partial charge in [0, 0.05) is 6.54 Å². The molecule has 27 heavy (non-hydrogen) atoms. The van der Waals surface area contributed by atoms with E-state index in [9.17, 15) is 14.4 Å². The fourth-order valence-corrected chi connectivity index (χ4v) is 3.85. The Morgan fingerprint density at radius 3 is 2.81 bits per heavy atom. The van der Waals surface area contributed by atoms with Crippen LogP contribution in [0.5, 0.6) is 5.75 Å². The maximum atomic E-state index is 12.8. The number of benzene rings is 1. The molecular weight excluding hydrogens is 346 g/mol. The van der Waals surface area contributed by atoms with Gasteiger partial charge < -0.3 is 15.4 Å². The first kappa shape index (κ1) is 19.2. The number of hydrogen-bond donors (Lipinski definition) is 2. The summed E-state index contributed by atoms with van der Waals surface area (Å²) in [4.78, 5) is 38.3. The van der Waals surface area contributed by atoms with Crippen molar-refractivity contribution in [1.29, 1.82) is 0 Å².